The van der Waals surface area contributed by atoms with Crippen LogP contribution in [0.25, 0.3) is 10.9 Å². The lowest BCUT2D eigenvalue weighted by Gasteiger charge is -2.21. The molecule has 0 saturated carbocycles. The van der Waals surface area contributed by atoms with Gasteiger partial charge in [-0.2, -0.15) is 10.2 Å². The van der Waals surface area contributed by atoms with Crippen molar-refractivity contribution in [2.45, 2.75) is 19.4 Å². The van der Waals surface area contributed by atoms with E-state index in [0.717, 1.165) is 16.6 Å². The summed E-state index contributed by atoms with van der Waals surface area (Å²) in [5.41, 5.74) is 1.38. The zero-order chi connectivity index (χ0) is 11.6. The molecule has 0 fully saturated rings. The third-order valence-electron chi connectivity index (χ3n) is 2.35. The Morgan fingerprint density at radius 3 is 2.81 bits per heavy atom. The predicted molar refractivity (Wildman–Crippen MR) is 66.1 cm³/mol. The van der Waals surface area contributed by atoms with Gasteiger partial charge in [0, 0.05) is 5.39 Å². The van der Waals surface area contributed by atoms with Crippen molar-refractivity contribution in [3.05, 3.63) is 30.5 Å². The number of fused-ring (bicyclic) bond motifs is 1. The minimum atomic E-state index is -0.397. The van der Waals surface area contributed by atoms with Crippen LogP contribution in [-0.4, -0.2) is 15.7 Å². The van der Waals surface area contributed by atoms with Gasteiger partial charge in [0.1, 0.15) is 0 Å². The molecule has 80 valence electrons. The van der Waals surface area contributed by atoms with E-state index in [-0.39, 0.29) is 0 Å². The molecular formula is C13H13N3. The lowest BCUT2D eigenvalue weighted by atomic mass is 10.1. The van der Waals surface area contributed by atoms with Gasteiger partial charge in [-0.25, -0.2) is 0 Å². The van der Waals surface area contributed by atoms with Crippen molar-refractivity contribution in [2.75, 3.05) is 5.32 Å². The average Bonchev–Trinajstić information content (AvgIpc) is 2.29. The Morgan fingerprint density at radius 2 is 2.06 bits per heavy atom. The van der Waals surface area contributed by atoms with E-state index in [2.05, 4.69) is 21.4 Å². The normalized spacial score (nSPS) is 11.1. The lowest BCUT2D eigenvalue weighted by Crippen LogP contribution is -2.28. The summed E-state index contributed by atoms with van der Waals surface area (Å²) < 4.78 is 0. The Bertz CT molecular complexity index is 547. The number of benzene rings is 1. The predicted octanol–water partition coefficient (Wildman–Crippen LogP) is 2.45. The number of hydrogen-bond donors (Lipinski definition) is 1. The summed E-state index contributed by atoms with van der Waals surface area (Å²) in [6, 6.07) is 7.83. The Balaban J connectivity index is 2.50. The highest BCUT2D eigenvalue weighted by atomic mass is 15.1. The summed E-state index contributed by atoms with van der Waals surface area (Å²) in [6.07, 6.45) is 7.15. The SMILES string of the molecule is C#CC(C)(C)Nc1cnnc2ccccc12. The molecule has 1 aromatic carbocycles. The molecule has 1 N–H and O–H groups in total. The molecule has 2 aromatic rings. The fraction of sp³-hybridized carbons (Fsp3) is 0.231. The van der Waals surface area contributed by atoms with Crippen molar-refractivity contribution < 1.29 is 0 Å². The first kappa shape index (κ1) is 10.4. The Hall–Kier alpha value is -2.08. The molecule has 16 heavy (non-hydrogen) atoms. The van der Waals surface area contributed by atoms with Gasteiger partial charge in [0.2, 0.25) is 0 Å². The van der Waals surface area contributed by atoms with E-state index >= 15 is 0 Å². The van der Waals surface area contributed by atoms with E-state index in [1.54, 1.807) is 6.20 Å². The zero-order valence-electron chi connectivity index (χ0n) is 9.36. The number of nitrogens with zero attached hydrogens (tertiary/aromatic N) is 2. The van der Waals surface area contributed by atoms with E-state index in [0.29, 0.717) is 0 Å². The first-order valence-corrected chi connectivity index (χ1v) is 5.09. The smallest absolute Gasteiger partial charge is 0.0950 e. The van der Waals surface area contributed by atoms with Crippen LogP contribution in [0.3, 0.4) is 0 Å². The number of anilines is 1. The fourth-order valence-corrected chi connectivity index (χ4v) is 1.48. The quantitative estimate of drug-likeness (QED) is 0.775. The van der Waals surface area contributed by atoms with Crippen LogP contribution in [-0.2, 0) is 0 Å². The first-order valence-electron chi connectivity index (χ1n) is 5.09. The van der Waals surface area contributed by atoms with Crippen LogP contribution >= 0.6 is 0 Å². The fourth-order valence-electron chi connectivity index (χ4n) is 1.48. The molecule has 3 nitrogen and oxygen atoms in total. The van der Waals surface area contributed by atoms with Crippen molar-refractivity contribution >= 4 is 16.6 Å². The number of aromatic nitrogens is 2. The van der Waals surface area contributed by atoms with Gasteiger partial charge in [-0.15, -0.1) is 6.42 Å². The van der Waals surface area contributed by atoms with Gasteiger partial charge in [-0.3, -0.25) is 0 Å². The highest BCUT2D eigenvalue weighted by Gasteiger charge is 2.14. The summed E-state index contributed by atoms with van der Waals surface area (Å²) in [5.74, 6) is 2.70. The molecule has 0 saturated heterocycles. The van der Waals surface area contributed by atoms with E-state index in [1.807, 2.05) is 38.1 Å². The van der Waals surface area contributed by atoms with Gasteiger partial charge >= 0.3 is 0 Å². The second kappa shape index (κ2) is 3.82. The van der Waals surface area contributed by atoms with Gasteiger partial charge in [0.05, 0.1) is 22.9 Å². The van der Waals surface area contributed by atoms with Gasteiger partial charge in [-0.1, -0.05) is 24.1 Å². The second-order valence-electron chi connectivity index (χ2n) is 4.17. The molecular weight excluding hydrogens is 198 g/mol. The van der Waals surface area contributed by atoms with Crippen molar-refractivity contribution in [2.24, 2.45) is 0 Å². The Labute approximate surface area is 94.9 Å². The maximum atomic E-state index is 5.45. The Kier molecular flexibility index (Phi) is 2.49. The van der Waals surface area contributed by atoms with Crippen molar-refractivity contribution in [1.82, 2.24) is 10.2 Å². The highest BCUT2D eigenvalue weighted by molar-refractivity contribution is 5.90. The number of nitrogens with one attached hydrogen (secondary N) is 1. The molecule has 0 amide bonds. The van der Waals surface area contributed by atoms with Crippen molar-refractivity contribution in [3.63, 3.8) is 0 Å². The van der Waals surface area contributed by atoms with Gasteiger partial charge in [0.25, 0.3) is 0 Å². The number of hydrogen-bond acceptors (Lipinski definition) is 3. The summed E-state index contributed by atoms with van der Waals surface area (Å²) >= 11 is 0. The molecule has 0 aliphatic rings. The molecule has 0 atom stereocenters. The maximum absolute atomic E-state index is 5.45. The Morgan fingerprint density at radius 1 is 1.31 bits per heavy atom. The largest absolute Gasteiger partial charge is 0.368 e. The molecule has 1 heterocycles. The van der Waals surface area contributed by atoms with Gasteiger partial charge in [-0.05, 0) is 19.9 Å². The van der Waals surface area contributed by atoms with Crippen LogP contribution in [0.15, 0.2) is 30.5 Å². The summed E-state index contributed by atoms with van der Waals surface area (Å²) in [7, 11) is 0. The third kappa shape index (κ3) is 1.96. The number of terminal acetylenes is 1. The van der Waals surface area contributed by atoms with E-state index < -0.39 is 5.54 Å². The molecule has 3 heteroatoms. The molecule has 0 aliphatic heterocycles. The van der Waals surface area contributed by atoms with E-state index in [9.17, 15) is 0 Å². The molecule has 2 rings (SSSR count). The van der Waals surface area contributed by atoms with E-state index in [4.69, 9.17) is 6.42 Å². The molecule has 0 unspecified atom stereocenters. The molecule has 1 aromatic heterocycles. The highest BCUT2D eigenvalue weighted by Crippen LogP contribution is 2.22. The average molecular weight is 211 g/mol. The second-order valence-corrected chi connectivity index (χ2v) is 4.17. The molecule has 0 spiro atoms. The van der Waals surface area contributed by atoms with Crippen molar-refractivity contribution in [3.8, 4) is 12.3 Å². The van der Waals surface area contributed by atoms with Crippen LogP contribution < -0.4 is 5.32 Å². The summed E-state index contributed by atoms with van der Waals surface area (Å²) in [5, 5.41) is 12.3. The molecule has 0 aliphatic carbocycles. The summed E-state index contributed by atoms with van der Waals surface area (Å²) in [6.45, 7) is 3.89. The minimum Gasteiger partial charge on any atom is -0.368 e. The first-order chi connectivity index (χ1) is 7.62. The van der Waals surface area contributed by atoms with Crippen LogP contribution in [0.1, 0.15) is 13.8 Å². The van der Waals surface area contributed by atoms with Crippen LogP contribution in [0.4, 0.5) is 5.69 Å². The van der Waals surface area contributed by atoms with E-state index in [1.165, 1.54) is 0 Å². The van der Waals surface area contributed by atoms with Gasteiger partial charge < -0.3 is 5.32 Å². The van der Waals surface area contributed by atoms with Crippen LogP contribution in [0.2, 0.25) is 0 Å². The van der Waals surface area contributed by atoms with Gasteiger partial charge in [0.15, 0.2) is 0 Å². The standard InChI is InChI=1S/C13H13N3/c1-4-13(2,3)15-12-9-14-16-11-8-6-5-7-10(11)12/h1,5-9H,2-3H3,(H,15,16). The topological polar surface area (TPSA) is 37.8 Å². The summed E-state index contributed by atoms with van der Waals surface area (Å²) in [4.78, 5) is 0. The minimum absolute atomic E-state index is 0.397. The number of rotatable bonds is 2. The third-order valence-corrected chi connectivity index (χ3v) is 2.35. The monoisotopic (exact) mass is 211 g/mol. The maximum Gasteiger partial charge on any atom is 0.0950 e. The molecule has 0 radical (unpaired) electrons. The van der Waals surface area contributed by atoms with Crippen molar-refractivity contribution in [1.29, 1.82) is 0 Å². The van der Waals surface area contributed by atoms with Crippen LogP contribution in [0.5, 0.6) is 0 Å². The van der Waals surface area contributed by atoms with Crippen LogP contribution in [0, 0.1) is 12.3 Å². The lowest BCUT2D eigenvalue weighted by molar-refractivity contribution is 0.741. The molecule has 0 bridgehead atoms. The zero-order valence-corrected chi connectivity index (χ0v) is 9.36.